The van der Waals surface area contributed by atoms with Crippen molar-refractivity contribution in [3.63, 3.8) is 0 Å². The van der Waals surface area contributed by atoms with Crippen LogP contribution in [0, 0.1) is 0 Å². The molecule has 4 heterocycles. The zero-order valence-electron chi connectivity index (χ0n) is 24.6. The van der Waals surface area contributed by atoms with Gasteiger partial charge in [-0.3, -0.25) is 9.20 Å². The summed E-state index contributed by atoms with van der Waals surface area (Å²) in [6.07, 6.45) is 1.95. The molecule has 0 saturated heterocycles. The first kappa shape index (κ1) is 26.0. The van der Waals surface area contributed by atoms with Crippen LogP contribution in [0.25, 0.3) is 77.9 Å². The second kappa shape index (κ2) is 10.4. The Morgan fingerprint density at radius 1 is 0.500 bits per heavy atom. The molecule has 9 rings (SSSR count). The van der Waals surface area contributed by atoms with Gasteiger partial charge >= 0.3 is 0 Å². The highest BCUT2D eigenvalue weighted by atomic mass is 16.1. The summed E-state index contributed by atoms with van der Waals surface area (Å²) >= 11 is 0. The van der Waals surface area contributed by atoms with Gasteiger partial charge in [-0.05, 0) is 53.6 Å². The van der Waals surface area contributed by atoms with Gasteiger partial charge in [-0.25, -0.2) is 9.97 Å². The molecule has 0 atom stereocenters. The Kier molecular flexibility index (Phi) is 5.86. The summed E-state index contributed by atoms with van der Waals surface area (Å²) in [6.45, 7) is 0. The third kappa shape index (κ3) is 4.12. The van der Waals surface area contributed by atoms with Crippen molar-refractivity contribution in [2.75, 3.05) is 0 Å². The molecule has 0 spiro atoms. The van der Waals surface area contributed by atoms with E-state index >= 15 is 0 Å². The summed E-state index contributed by atoms with van der Waals surface area (Å²) in [5.41, 5.74) is 8.39. The smallest absolute Gasteiger partial charge is 0.284 e. The topological polar surface area (TPSA) is 65.1 Å². The number of aromatic nitrogens is 5. The fourth-order valence-electron chi connectivity index (χ4n) is 6.44. The van der Waals surface area contributed by atoms with Crippen LogP contribution in [0.3, 0.4) is 0 Å². The maximum absolute atomic E-state index is 13.7. The van der Waals surface area contributed by atoms with Gasteiger partial charge in [0, 0.05) is 33.8 Å². The molecular formula is C40H25N5O. The first-order valence-corrected chi connectivity index (χ1v) is 15.2. The normalized spacial score (nSPS) is 11.6. The van der Waals surface area contributed by atoms with Crippen molar-refractivity contribution in [2.24, 2.45) is 0 Å². The highest BCUT2D eigenvalue weighted by molar-refractivity contribution is 6.10. The average molecular weight is 592 g/mol. The molecule has 0 aliphatic rings. The van der Waals surface area contributed by atoms with Gasteiger partial charge in [0.25, 0.3) is 5.56 Å². The fourth-order valence-corrected chi connectivity index (χ4v) is 6.44. The van der Waals surface area contributed by atoms with Crippen molar-refractivity contribution >= 4 is 38.5 Å². The summed E-state index contributed by atoms with van der Waals surface area (Å²) in [7, 11) is 0. The molecule has 216 valence electrons. The van der Waals surface area contributed by atoms with Gasteiger partial charge in [-0.2, -0.15) is 4.98 Å². The molecule has 5 aromatic carbocycles. The predicted molar refractivity (Wildman–Crippen MR) is 185 cm³/mol. The standard InChI is InChI=1S/C40H25N5O/c46-40-36-37(26-12-4-1-5-13-26)42-38(27-14-6-2-7-15-27)43-39(36)44-23-22-29(25-35(44)41-40)28-20-21-34-32(24-28)31-18-10-11-19-33(31)45(34)30-16-8-3-9-17-30/h1-25H. The molecular weight excluding hydrogens is 566 g/mol. The molecule has 0 fully saturated rings. The van der Waals surface area contributed by atoms with Crippen molar-refractivity contribution in [1.29, 1.82) is 0 Å². The Bertz CT molecular complexity index is 2640. The molecule has 0 amide bonds. The Morgan fingerprint density at radius 3 is 1.93 bits per heavy atom. The lowest BCUT2D eigenvalue weighted by molar-refractivity contribution is 1.08. The Balaban J connectivity index is 1.26. The minimum Gasteiger partial charge on any atom is -0.309 e. The molecule has 6 nitrogen and oxygen atoms in total. The van der Waals surface area contributed by atoms with Crippen LogP contribution in [0.15, 0.2) is 157 Å². The number of pyridine rings is 1. The van der Waals surface area contributed by atoms with Gasteiger partial charge in [-0.1, -0.05) is 103 Å². The van der Waals surface area contributed by atoms with Gasteiger partial charge in [0.2, 0.25) is 0 Å². The van der Waals surface area contributed by atoms with Gasteiger partial charge in [0.15, 0.2) is 11.5 Å². The molecule has 4 aromatic heterocycles. The lowest BCUT2D eigenvalue weighted by Gasteiger charge is -2.12. The van der Waals surface area contributed by atoms with E-state index in [-0.39, 0.29) is 5.56 Å². The van der Waals surface area contributed by atoms with E-state index in [4.69, 9.17) is 9.97 Å². The summed E-state index contributed by atoms with van der Waals surface area (Å²) in [5, 5.41) is 2.74. The van der Waals surface area contributed by atoms with Gasteiger partial charge in [0.1, 0.15) is 11.0 Å². The zero-order valence-corrected chi connectivity index (χ0v) is 24.6. The molecule has 0 aliphatic heterocycles. The summed E-state index contributed by atoms with van der Waals surface area (Å²) < 4.78 is 4.19. The summed E-state index contributed by atoms with van der Waals surface area (Å²) in [5.74, 6) is 0.552. The lowest BCUT2D eigenvalue weighted by Crippen LogP contribution is -2.14. The highest BCUT2D eigenvalue weighted by Crippen LogP contribution is 2.35. The molecule has 0 N–H and O–H groups in total. The SMILES string of the molecule is O=c1nc2cc(-c3ccc4c(c3)c3ccccc3n4-c3ccccc3)ccn2c2nc(-c3ccccc3)nc(-c3ccccc3)c12. The average Bonchev–Trinajstić information content (AvgIpc) is 3.46. The maximum atomic E-state index is 13.7. The van der Waals surface area contributed by atoms with E-state index in [1.165, 1.54) is 5.39 Å². The van der Waals surface area contributed by atoms with E-state index in [0.29, 0.717) is 28.2 Å². The van der Waals surface area contributed by atoms with Crippen LogP contribution in [-0.2, 0) is 0 Å². The van der Waals surface area contributed by atoms with E-state index in [2.05, 4.69) is 82.3 Å². The first-order chi connectivity index (χ1) is 22.7. The molecule has 46 heavy (non-hydrogen) atoms. The summed E-state index contributed by atoms with van der Waals surface area (Å²) in [6, 6.07) is 49.1. The highest BCUT2D eigenvalue weighted by Gasteiger charge is 2.18. The quantitative estimate of drug-likeness (QED) is 0.192. The van der Waals surface area contributed by atoms with Crippen molar-refractivity contribution in [1.82, 2.24) is 23.9 Å². The van der Waals surface area contributed by atoms with Crippen LogP contribution in [0.1, 0.15) is 0 Å². The van der Waals surface area contributed by atoms with E-state index < -0.39 is 0 Å². The monoisotopic (exact) mass is 591 g/mol. The lowest BCUT2D eigenvalue weighted by atomic mass is 10.0. The van der Waals surface area contributed by atoms with Crippen molar-refractivity contribution in [3.05, 3.63) is 162 Å². The predicted octanol–water partition coefficient (Wildman–Crippen LogP) is 8.74. The second-order valence-corrected chi connectivity index (χ2v) is 11.3. The van der Waals surface area contributed by atoms with Crippen LogP contribution in [0.4, 0.5) is 0 Å². The van der Waals surface area contributed by atoms with Crippen molar-refractivity contribution < 1.29 is 0 Å². The molecule has 0 aliphatic carbocycles. The van der Waals surface area contributed by atoms with Crippen molar-refractivity contribution in [2.45, 2.75) is 0 Å². The third-order valence-corrected chi connectivity index (χ3v) is 8.58. The van der Waals surface area contributed by atoms with Gasteiger partial charge in [0.05, 0.1) is 16.7 Å². The first-order valence-electron chi connectivity index (χ1n) is 15.2. The third-order valence-electron chi connectivity index (χ3n) is 8.58. The maximum Gasteiger partial charge on any atom is 0.284 e. The largest absolute Gasteiger partial charge is 0.309 e. The van der Waals surface area contributed by atoms with Crippen LogP contribution in [-0.4, -0.2) is 23.9 Å². The van der Waals surface area contributed by atoms with E-state index in [1.54, 1.807) is 0 Å². The number of nitrogens with zero attached hydrogens (tertiary/aromatic N) is 5. The molecule has 9 aromatic rings. The summed E-state index contributed by atoms with van der Waals surface area (Å²) in [4.78, 5) is 28.1. The van der Waals surface area contributed by atoms with Gasteiger partial charge < -0.3 is 4.57 Å². The van der Waals surface area contributed by atoms with E-state index in [9.17, 15) is 4.79 Å². The number of fused-ring (bicyclic) bond motifs is 6. The van der Waals surface area contributed by atoms with Crippen LogP contribution in [0.5, 0.6) is 0 Å². The van der Waals surface area contributed by atoms with E-state index in [1.807, 2.05) is 83.4 Å². The zero-order chi connectivity index (χ0) is 30.6. The molecule has 0 radical (unpaired) electrons. The Labute approximate surface area is 263 Å². The van der Waals surface area contributed by atoms with Crippen LogP contribution in [0.2, 0.25) is 0 Å². The van der Waals surface area contributed by atoms with Crippen LogP contribution >= 0.6 is 0 Å². The van der Waals surface area contributed by atoms with Gasteiger partial charge in [-0.15, -0.1) is 0 Å². The number of hydrogen-bond acceptors (Lipinski definition) is 4. The number of benzene rings is 5. The molecule has 0 bridgehead atoms. The Morgan fingerprint density at radius 2 is 1.15 bits per heavy atom. The van der Waals surface area contributed by atoms with Crippen molar-refractivity contribution in [3.8, 4) is 39.5 Å². The molecule has 0 saturated carbocycles. The van der Waals surface area contributed by atoms with Crippen LogP contribution < -0.4 is 5.56 Å². The van der Waals surface area contributed by atoms with E-state index in [0.717, 1.165) is 44.4 Å². The molecule has 0 unspecified atom stereocenters. The fraction of sp³-hybridized carbons (Fsp3) is 0. The minimum absolute atomic E-state index is 0.355. The number of hydrogen-bond donors (Lipinski definition) is 0. The second-order valence-electron chi connectivity index (χ2n) is 11.3. The minimum atomic E-state index is -0.355. The number of rotatable bonds is 4. The molecule has 6 heteroatoms. The number of para-hydroxylation sites is 2. The Hall–Kier alpha value is -6.40.